The van der Waals surface area contributed by atoms with Crippen molar-refractivity contribution in [1.82, 2.24) is 10.3 Å². The molecular weight excluding hydrogens is 316 g/mol. The van der Waals surface area contributed by atoms with Crippen molar-refractivity contribution < 1.29 is 19.4 Å². The van der Waals surface area contributed by atoms with Gasteiger partial charge in [-0.1, -0.05) is 18.2 Å². The summed E-state index contributed by atoms with van der Waals surface area (Å²) in [6.45, 7) is 1.85. The Morgan fingerprint density at radius 3 is 2.74 bits per heavy atom. The van der Waals surface area contributed by atoms with Gasteiger partial charge >= 0.3 is 5.97 Å². The van der Waals surface area contributed by atoms with Crippen molar-refractivity contribution in [3.05, 3.63) is 45.9 Å². The minimum Gasteiger partial charge on any atom is -0.496 e. The predicted octanol–water partition coefficient (Wildman–Crippen LogP) is 2.13. The van der Waals surface area contributed by atoms with E-state index in [0.29, 0.717) is 10.6 Å². The first kappa shape index (κ1) is 17.0. The molecular formula is C16H18N2O4S. The van der Waals surface area contributed by atoms with Crippen molar-refractivity contribution in [2.75, 3.05) is 13.7 Å². The van der Waals surface area contributed by atoms with E-state index >= 15 is 0 Å². The fourth-order valence-electron chi connectivity index (χ4n) is 2.15. The maximum absolute atomic E-state index is 12.0. The summed E-state index contributed by atoms with van der Waals surface area (Å²) in [6, 6.07) is 7.26. The van der Waals surface area contributed by atoms with Gasteiger partial charge in [-0.15, -0.1) is 11.3 Å². The fourth-order valence-corrected chi connectivity index (χ4v) is 2.85. The number of nitrogens with one attached hydrogen (secondary N) is 1. The molecule has 0 aliphatic heterocycles. The van der Waals surface area contributed by atoms with Crippen molar-refractivity contribution in [3.63, 3.8) is 0 Å². The van der Waals surface area contributed by atoms with E-state index < -0.39 is 11.9 Å². The third-order valence-corrected chi connectivity index (χ3v) is 4.27. The van der Waals surface area contributed by atoms with Crippen LogP contribution >= 0.6 is 11.3 Å². The number of carboxylic acids is 1. The van der Waals surface area contributed by atoms with Crippen LogP contribution < -0.4 is 10.1 Å². The van der Waals surface area contributed by atoms with Gasteiger partial charge < -0.3 is 15.2 Å². The Kier molecular flexibility index (Phi) is 5.70. The molecule has 23 heavy (non-hydrogen) atoms. The number of hydrogen-bond acceptors (Lipinski definition) is 5. The van der Waals surface area contributed by atoms with Crippen LogP contribution in [0.5, 0.6) is 5.75 Å². The van der Waals surface area contributed by atoms with E-state index in [9.17, 15) is 14.7 Å². The van der Waals surface area contributed by atoms with Gasteiger partial charge in [0.05, 0.1) is 24.2 Å². The zero-order chi connectivity index (χ0) is 16.8. The van der Waals surface area contributed by atoms with Crippen molar-refractivity contribution in [2.24, 2.45) is 5.92 Å². The molecule has 1 aromatic carbocycles. The van der Waals surface area contributed by atoms with Crippen molar-refractivity contribution in [1.29, 1.82) is 0 Å². The molecule has 2 N–H and O–H groups in total. The molecule has 0 fully saturated rings. The molecule has 6 nitrogen and oxygen atoms in total. The van der Waals surface area contributed by atoms with Crippen LogP contribution in [0.2, 0.25) is 0 Å². The lowest BCUT2D eigenvalue weighted by Crippen LogP contribution is -2.33. The number of nitrogens with zero attached hydrogens (tertiary/aromatic N) is 1. The minimum atomic E-state index is -0.961. The second-order valence-corrected chi connectivity index (χ2v) is 6.24. The van der Waals surface area contributed by atoms with E-state index in [1.807, 2.05) is 25.1 Å². The molecule has 1 aromatic heterocycles. The van der Waals surface area contributed by atoms with Crippen LogP contribution in [0.1, 0.15) is 20.2 Å². The van der Waals surface area contributed by atoms with Gasteiger partial charge in [0.1, 0.15) is 10.6 Å². The first-order chi connectivity index (χ1) is 11.0. The average Bonchev–Trinajstić information content (AvgIpc) is 2.97. The van der Waals surface area contributed by atoms with E-state index in [4.69, 9.17) is 4.74 Å². The molecule has 0 bridgehead atoms. The van der Waals surface area contributed by atoms with Gasteiger partial charge in [0.15, 0.2) is 0 Å². The predicted molar refractivity (Wildman–Crippen MR) is 87.0 cm³/mol. The molecule has 0 saturated carbocycles. The first-order valence-electron chi connectivity index (χ1n) is 7.06. The van der Waals surface area contributed by atoms with Crippen LogP contribution in [0, 0.1) is 12.8 Å². The highest BCUT2D eigenvalue weighted by molar-refractivity contribution is 7.13. The molecule has 2 aromatic rings. The van der Waals surface area contributed by atoms with E-state index in [-0.39, 0.29) is 18.9 Å². The third-order valence-electron chi connectivity index (χ3n) is 3.36. The number of benzene rings is 1. The number of thiazole rings is 1. The lowest BCUT2D eigenvalue weighted by atomic mass is 9.98. The largest absolute Gasteiger partial charge is 0.496 e. The van der Waals surface area contributed by atoms with Gasteiger partial charge in [-0.3, -0.25) is 9.59 Å². The third kappa shape index (κ3) is 4.53. The zero-order valence-electron chi connectivity index (χ0n) is 12.9. The number of rotatable bonds is 7. The van der Waals surface area contributed by atoms with Crippen molar-refractivity contribution >= 4 is 23.2 Å². The lowest BCUT2D eigenvalue weighted by Gasteiger charge is -2.15. The molecule has 7 heteroatoms. The Bertz CT molecular complexity index is 699. The number of hydrogen-bond donors (Lipinski definition) is 2. The summed E-state index contributed by atoms with van der Waals surface area (Å²) in [5.41, 5.74) is 0.797. The monoisotopic (exact) mass is 334 g/mol. The summed E-state index contributed by atoms with van der Waals surface area (Å²) >= 11 is 1.28. The summed E-state index contributed by atoms with van der Waals surface area (Å²) in [4.78, 5) is 27.9. The normalized spacial score (nSPS) is 11.7. The standard InChI is InChI=1S/C16H18N2O4S/c1-10-17-9-14(23-10)15(19)18-8-12(16(20)21)7-11-5-3-4-6-13(11)22-2/h3-6,9,12H,7-8H2,1-2H3,(H,18,19)(H,20,21). The fraction of sp³-hybridized carbons (Fsp3) is 0.312. The highest BCUT2D eigenvalue weighted by Crippen LogP contribution is 2.21. The molecule has 1 atom stereocenters. The van der Waals surface area contributed by atoms with Gasteiger partial charge in [-0.2, -0.15) is 0 Å². The van der Waals surface area contributed by atoms with Crippen LogP contribution in [0.3, 0.4) is 0 Å². The van der Waals surface area contributed by atoms with Gasteiger partial charge in [-0.25, -0.2) is 4.98 Å². The molecule has 0 saturated heterocycles. The number of carbonyl (C=O) groups is 2. The Morgan fingerprint density at radius 2 is 2.13 bits per heavy atom. The highest BCUT2D eigenvalue weighted by atomic mass is 32.1. The minimum absolute atomic E-state index is 0.0448. The molecule has 122 valence electrons. The molecule has 1 amide bonds. The molecule has 1 heterocycles. The number of aromatic nitrogens is 1. The van der Waals surface area contributed by atoms with Crippen LogP contribution in [0.4, 0.5) is 0 Å². The van der Waals surface area contributed by atoms with Crippen molar-refractivity contribution in [3.8, 4) is 5.75 Å². The van der Waals surface area contributed by atoms with Crippen LogP contribution in [-0.2, 0) is 11.2 Å². The molecule has 0 spiro atoms. The topological polar surface area (TPSA) is 88.5 Å². The molecule has 1 unspecified atom stereocenters. The van der Waals surface area contributed by atoms with Crippen molar-refractivity contribution in [2.45, 2.75) is 13.3 Å². The van der Waals surface area contributed by atoms with Gasteiger partial charge in [0, 0.05) is 6.54 Å². The number of methoxy groups -OCH3 is 1. The number of carboxylic acid groups (broad SMARTS) is 1. The Morgan fingerprint density at radius 1 is 1.39 bits per heavy atom. The Hall–Kier alpha value is -2.41. The second kappa shape index (κ2) is 7.73. The smallest absolute Gasteiger partial charge is 0.308 e. The van der Waals surface area contributed by atoms with Crippen LogP contribution in [0.15, 0.2) is 30.5 Å². The summed E-state index contributed by atoms with van der Waals surface area (Å²) in [5.74, 6) is -1.36. The number of amides is 1. The lowest BCUT2D eigenvalue weighted by molar-refractivity contribution is -0.141. The quantitative estimate of drug-likeness (QED) is 0.810. The summed E-state index contributed by atoms with van der Waals surface area (Å²) in [7, 11) is 1.54. The highest BCUT2D eigenvalue weighted by Gasteiger charge is 2.21. The van der Waals surface area contributed by atoms with E-state index in [1.54, 1.807) is 13.2 Å². The number of aryl methyl sites for hydroxylation is 1. The summed E-state index contributed by atoms with van der Waals surface area (Å²) < 4.78 is 5.24. The van der Waals surface area contributed by atoms with E-state index in [2.05, 4.69) is 10.3 Å². The first-order valence-corrected chi connectivity index (χ1v) is 7.88. The average molecular weight is 334 g/mol. The summed E-state index contributed by atoms with van der Waals surface area (Å²) in [6.07, 6.45) is 1.77. The molecule has 0 radical (unpaired) electrons. The Labute approximate surface area is 138 Å². The maximum Gasteiger partial charge on any atom is 0.308 e. The van der Waals surface area contributed by atoms with Crippen LogP contribution in [-0.4, -0.2) is 35.6 Å². The van der Waals surface area contributed by atoms with Gasteiger partial charge in [0.25, 0.3) is 5.91 Å². The Balaban J connectivity index is 2.02. The van der Waals surface area contributed by atoms with E-state index in [0.717, 1.165) is 10.6 Å². The van der Waals surface area contributed by atoms with Gasteiger partial charge in [0.2, 0.25) is 0 Å². The molecule has 2 rings (SSSR count). The zero-order valence-corrected chi connectivity index (χ0v) is 13.7. The SMILES string of the molecule is COc1ccccc1CC(CNC(=O)c1cnc(C)s1)C(=O)O. The van der Waals surface area contributed by atoms with E-state index in [1.165, 1.54) is 17.5 Å². The van der Waals surface area contributed by atoms with Gasteiger partial charge in [-0.05, 0) is 25.0 Å². The molecule has 0 aliphatic carbocycles. The van der Waals surface area contributed by atoms with Crippen LogP contribution in [0.25, 0.3) is 0 Å². The number of ether oxygens (including phenoxy) is 1. The second-order valence-electron chi connectivity index (χ2n) is 5.00. The number of carbonyl (C=O) groups excluding carboxylic acids is 1. The number of aliphatic carboxylic acids is 1. The number of para-hydroxylation sites is 1. The summed E-state index contributed by atoms with van der Waals surface area (Å²) in [5, 5.41) is 12.8. The maximum atomic E-state index is 12.0. The molecule has 0 aliphatic rings.